The predicted octanol–water partition coefficient (Wildman–Crippen LogP) is 1.79. The molecular formula is C16H20N4O2. The number of hydrogen-bond donors (Lipinski definition) is 3. The van der Waals surface area contributed by atoms with Crippen molar-refractivity contribution in [2.75, 3.05) is 24.2 Å². The van der Waals surface area contributed by atoms with Gasteiger partial charge in [0.05, 0.1) is 18.3 Å². The van der Waals surface area contributed by atoms with E-state index in [2.05, 4.69) is 15.3 Å². The summed E-state index contributed by atoms with van der Waals surface area (Å²) in [6.45, 7) is 1.16. The van der Waals surface area contributed by atoms with Gasteiger partial charge in [0.15, 0.2) is 0 Å². The number of nitrogens with one attached hydrogen (secondary N) is 1. The lowest BCUT2D eigenvalue weighted by molar-refractivity contribution is 0.0732. The summed E-state index contributed by atoms with van der Waals surface area (Å²) in [5.74, 6) is 2.07. The Hall–Kier alpha value is -2.34. The first kappa shape index (κ1) is 14.6. The number of aromatic nitrogens is 2. The van der Waals surface area contributed by atoms with Crippen LogP contribution in [0.2, 0.25) is 0 Å². The Morgan fingerprint density at radius 3 is 2.73 bits per heavy atom. The molecule has 6 nitrogen and oxygen atoms in total. The van der Waals surface area contributed by atoms with E-state index in [1.54, 1.807) is 0 Å². The Balaban J connectivity index is 1.52. The molecule has 0 unspecified atom stereocenters. The van der Waals surface area contributed by atoms with Gasteiger partial charge >= 0.3 is 0 Å². The number of anilines is 2. The van der Waals surface area contributed by atoms with Crippen molar-refractivity contribution in [3.8, 4) is 5.75 Å². The molecule has 0 saturated heterocycles. The number of aliphatic hydroxyl groups is 1. The Bertz CT molecular complexity index is 615. The maximum absolute atomic E-state index is 9.39. The number of aliphatic hydroxyl groups excluding tert-OH is 1. The lowest BCUT2D eigenvalue weighted by Gasteiger charge is -2.30. The van der Waals surface area contributed by atoms with Crippen molar-refractivity contribution in [2.24, 2.45) is 0 Å². The number of nitrogens with zero attached hydrogens (tertiary/aromatic N) is 2. The van der Waals surface area contributed by atoms with E-state index in [-0.39, 0.29) is 18.0 Å². The van der Waals surface area contributed by atoms with Crippen LogP contribution in [0.15, 0.2) is 36.4 Å². The normalized spacial score (nSPS) is 20.2. The van der Waals surface area contributed by atoms with E-state index in [0.29, 0.717) is 19.0 Å². The van der Waals surface area contributed by atoms with Gasteiger partial charge in [-0.05, 0) is 25.0 Å². The Labute approximate surface area is 129 Å². The third-order valence-electron chi connectivity index (χ3n) is 3.71. The fraction of sp³-hybridized carbons (Fsp3) is 0.375. The van der Waals surface area contributed by atoms with Crippen molar-refractivity contribution in [3.63, 3.8) is 0 Å². The first-order valence-electron chi connectivity index (χ1n) is 7.45. The van der Waals surface area contributed by atoms with Gasteiger partial charge in [-0.3, -0.25) is 0 Å². The van der Waals surface area contributed by atoms with Crippen molar-refractivity contribution >= 4 is 11.8 Å². The summed E-state index contributed by atoms with van der Waals surface area (Å²) in [6.07, 6.45) is 1.27. The zero-order valence-electron chi connectivity index (χ0n) is 12.3. The van der Waals surface area contributed by atoms with Crippen molar-refractivity contribution in [3.05, 3.63) is 42.1 Å². The zero-order valence-corrected chi connectivity index (χ0v) is 12.3. The van der Waals surface area contributed by atoms with Crippen LogP contribution in [-0.2, 0) is 0 Å². The average Bonchev–Trinajstić information content (AvgIpc) is 2.49. The monoisotopic (exact) mass is 300 g/mol. The second-order valence-corrected chi connectivity index (χ2v) is 5.45. The van der Waals surface area contributed by atoms with Gasteiger partial charge < -0.3 is 20.9 Å². The molecule has 0 bridgehead atoms. The molecule has 1 saturated carbocycles. The predicted molar refractivity (Wildman–Crippen MR) is 84.9 cm³/mol. The minimum absolute atomic E-state index is 0.211. The molecule has 1 aromatic carbocycles. The van der Waals surface area contributed by atoms with Crippen LogP contribution < -0.4 is 15.8 Å². The smallest absolute Gasteiger partial charge is 0.222 e. The van der Waals surface area contributed by atoms with Gasteiger partial charge in [-0.15, -0.1) is 0 Å². The summed E-state index contributed by atoms with van der Waals surface area (Å²) in [6, 6.07) is 11.6. The van der Waals surface area contributed by atoms with Gasteiger partial charge in [0, 0.05) is 12.0 Å². The summed E-state index contributed by atoms with van der Waals surface area (Å²) in [5, 5.41) is 12.6. The fourth-order valence-corrected chi connectivity index (χ4v) is 2.48. The van der Waals surface area contributed by atoms with E-state index in [9.17, 15) is 5.11 Å². The van der Waals surface area contributed by atoms with E-state index in [1.165, 1.54) is 0 Å². The van der Waals surface area contributed by atoms with Crippen LogP contribution in [0.4, 0.5) is 11.8 Å². The number of para-hydroxylation sites is 1. The minimum atomic E-state index is -0.211. The van der Waals surface area contributed by atoms with Gasteiger partial charge in [-0.25, -0.2) is 4.98 Å². The maximum atomic E-state index is 9.39. The van der Waals surface area contributed by atoms with Gasteiger partial charge in [0.2, 0.25) is 5.95 Å². The molecule has 6 heteroatoms. The van der Waals surface area contributed by atoms with Crippen molar-refractivity contribution < 1.29 is 9.84 Å². The number of benzene rings is 1. The molecule has 0 spiro atoms. The van der Waals surface area contributed by atoms with Crippen LogP contribution in [0.1, 0.15) is 24.5 Å². The third-order valence-corrected chi connectivity index (χ3v) is 3.71. The topological polar surface area (TPSA) is 93.3 Å². The number of nitrogens with two attached hydrogens (primary N) is 1. The SMILES string of the molecule is Nc1nc(NCCOc2ccccc2)cc(C2CC(O)C2)n1. The molecule has 1 aliphatic carbocycles. The molecule has 1 fully saturated rings. The molecule has 1 aliphatic rings. The van der Waals surface area contributed by atoms with E-state index in [1.807, 2.05) is 36.4 Å². The van der Waals surface area contributed by atoms with Gasteiger partial charge in [0.1, 0.15) is 18.2 Å². The largest absolute Gasteiger partial charge is 0.492 e. The van der Waals surface area contributed by atoms with E-state index in [0.717, 1.165) is 24.3 Å². The van der Waals surface area contributed by atoms with Crippen LogP contribution in [0.25, 0.3) is 0 Å². The molecule has 0 atom stereocenters. The summed E-state index contributed by atoms with van der Waals surface area (Å²) >= 11 is 0. The maximum Gasteiger partial charge on any atom is 0.222 e. The summed E-state index contributed by atoms with van der Waals surface area (Å²) < 4.78 is 5.61. The Morgan fingerprint density at radius 1 is 1.23 bits per heavy atom. The highest BCUT2D eigenvalue weighted by Gasteiger charge is 2.30. The fourth-order valence-electron chi connectivity index (χ4n) is 2.48. The highest BCUT2D eigenvalue weighted by atomic mass is 16.5. The Morgan fingerprint density at radius 2 is 2.00 bits per heavy atom. The minimum Gasteiger partial charge on any atom is -0.492 e. The van der Waals surface area contributed by atoms with E-state index in [4.69, 9.17) is 10.5 Å². The number of ether oxygens (including phenoxy) is 1. The van der Waals surface area contributed by atoms with E-state index < -0.39 is 0 Å². The molecule has 22 heavy (non-hydrogen) atoms. The first-order chi connectivity index (χ1) is 10.7. The quantitative estimate of drug-likeness (QED) is 0.704. The molecule has 0 amide bonds. The molecule has 1 heterocycles. The number of hydrogen-bond acceptors (Lipinski definition) is 6. The first-order valence-corrected chi connectivity index (χ1v) is 7.45. The number of rotatable bonds is 6. The molecule has 3 rings (SSSR count). The van der Waals surface area contributed by atoms with Crippen molar-refractivity contribution in [1.29, 1.82) is 0 Å². The second kappa shape index (κ2) is 6.62. The molecule has 2 aromatic rings. The van der Waals surface area contributed by atoms with Gasteiger partial charge in [0.25, 0.3) is 0 Å². The van der Waals surface area contributed by atoms with Crippen molar-refractivity contribution in [2.45, 2.75) is 24.9 Å². The summed E-state index contributed by atoms with van der Waals surface area (Å²) in [5.41, 5.74) is 6.64. The molecule has 0 aliphatic heterocycles. The van der Waals surface area contributed by atoms with Crippen LogP contribution in [0.5, 0.6) is 5.75 Å². The lowest BCUT2D eigenvalue weighted by atomic mass is 9.80. The molecule has 0 radical (unpaired) electrons. The molecule has 116 valence electrons. The molecule has 1 aromatic heterocycles. The molecule has 4 N–H and O–H groups in total. The summed E-state index contributed by atoms with van der Waals surface area (Å²) in [7, 11) is 0. The third kappa shape index (κ3) is 3.65. The second-order valence-electron chi connectivity index (χ2n) is 5.45. The standard InChI is InChI=1S/C16H20N4O2/c17-16-19-14(11-8-12(21)9-11)10-15(20-16)18-6-7-22-13-4-2-1-3-5-13/h1-5,10-12,21H,6-9H2,(H3,17,18,19,20). The lowest BCUT2D eigenvalue weighted by Crippen LogP contribution is -2.27. The van der Waals surface area contributed by atoms with E-state index >= 15 is 0 Å². The van der Waals surface area contributed by atoms with Crippen molar-refractivity contribution in [1.82, 2.24) is 9.97 Å². The average molecular weight is 300 g/mol. The summed E-state index contributed by atoms with van der Waals surface area (Å²) in [4.78, 5) is 8.43. The van der Waals surface area contributed by atoms with Crippen LogP contribution in [-0.4, -0.2) is 34.3 Å². The highest BCUT2D eigenvalue weighted by molar-refractivity contribution is 5.42. The highest BCUT2D eigenvalue weighted by Crippen LogP contribution is 2.36. The van der Waals surface area contributed by atoms with Crippen LogP contribution in [0, 0.1) is 0 Å². The Kier molecular flexibility index (Phi) is 4.39. The zero-order chi connectivity index (χ0) is 15.4. The van der Waals surface area contributed by atoms with Gasteiger partial charge in [-0.2, -0.15) is 4.98 Å². The molecular weight excluding hydrogens is 280 g/mol. The number of nitrogen functional groups attached to an aromatic ring is 1. The van der Waals surface area contributed by atoms with Gasteiger partial charge in [-0.1, -0.05) is 18.2 Å². The van der Waals surface area contributed by atoms with Crippen LogP contribution >= 0.6 is 0 Å². The van der Waals surface area contributed by atoms with Crippen LogP contribution in [0.3, 0.4) is 0 Å².